The average molecular weight is 475 g/mol. The van der Waals surface area contributed by atoms with E-state index in [1.54, 1.807) is 36.0 Å². The molecule has 170 valence electrons. The molecular formula is C24H27ClN2O4S. The number of esters is 1. The first kappa shape index (κ1) is 24.1. The molecule has 6 nitrogen and oxygen atoms in total. The molecule has 0 spiro atoms. The van der Waals surface area contributed by atoms with Gasteiger partial charge in [0.1, 0.15) is 6.04 Å². The maximum absolute atomic E-state index is 12.6. The molecule has 0 saturated carbocycles. The van der Waals surface area contributed by atoms with E-state index in [-0.39, 0.29) is 18.6 Å². The number of hydrogen-bond acceptors (Lipinski definition) is 5. The number of nitrogens with one attached hydrogen (secondary N) is 2. The third-order valence-electron chi connectivity index (χ3n) is 5.36. The van der Waals surface area contributed by atoms with E-state index in [2.05, 4.69) is 16.7 Å². The highest BCUT2D eigenvalue weighted by atomic mass is 35.5. The Kier molecular flexibility index (Phi) is 9.00. The smallest absolute Gasteiger partial charge is 0.329 e. The van der Waals surface area contributed by atoms with Crippen LogP contribution in [0.1, 0.15) is 46.8 Å². The number of rotatable bonds is 9. The summed E-state index contributed by atoms with van der Waals surface area (Å²) in [5, 5.41) is 6.19. The van der Waals surface area contributed by atoms with Gasteiger partial charge in [-0.15, -0.1) is 0 Å². The lowest BCUT2D eigenvalue weighted by Crippen LogP contribution is -2.43. The van der Waals surface area contributed by atoms with Crippen molar-refractivity contribution >= 4 is 41.1 Å². The largest absolute Gasteiger partial charge is 0.454 e. The lowest BCUT2D eigenvalue weighted by molar-refractivity contribution is -0.150. The highest BCUT2D eigenvalue weighted by Gasteiger charge is 2.25. The van der Waals surface area contributed by atoms with Crippen LogP contribution in [-0.2, 0) is 20.7 Å². The minimum atomic E-state index is -0.839. The van der Waals surface area contributed by atoms with Gasteiger partial charge >= 0.3 is 5.97 Å². The van der Waals surface area contributed by atoms with Crippen LogP contribution in [0.5, 0.6) is 0 Å². The van der Waals surface area contributed by atoms with E-state index in [4.69, 9.17) is 16.3 Å². The van der Waals surface area contributed by atoms with Gasteiger partial charge in [-0.05, 0) is 73.1 Å². The molecule has 0 aliphatic heterocycles. The normalized spacial score (nSPS) is 15.9. The fourth-order valence-electron chi connectivity index (χ4n) is 3.70. The minimum absolute atomic E-state index is 0.0805. The van der Waals surface area contributed by atoms with E-state index < -0.39 is 17.9 Å². The van der Waals surface area contributed by atoms with Crippen molar-refractivity contribution in [1.82, 2.24) is 10.6 Å². The van der Waals surface area contributed by atoms with Crippen LogP contribution in [0.3, 0.4) is 0 Å². The summed E-state index contributed by atoms with van der Waals surface area (Å²) >= 11 is 7.42. The van der Waals surface area contributed by atoms with Crippen LogP contribution in [0.4, 0.5) is 0 Å². The van der Waals surface area contributed by atoms with E-state index in [1.807, 2.05) is 24.5 Å². The highest BCUT2D eigenvalue weighted by Crippen LogP contribution is 2.29. The van der Waals surface area contributed by atoms with Gasteiger partial charge < -0.3 is 15.4 Å². The zero-order valence-corrected chi connectivity index (χ0v) is 19.5. The molecule has 0 radical (unpaired) electrons. The molecule has 2 aromatic rings. The number of halogens is 1. The summed E-state index contributed by atoms with van der Waals surface area (Å²) in [6.07, 6.45) is 5.16. The maximum atomic E-state index is 12.6. The second-order valence-electron chi connectivity index (χ2n) is 7.63. The number of carbonyl (C=O) groups excluding carboxylic acids is 3. The third-order valence-corrected chi connectivity index (χ3v) is 6.25. The van der Waals surface area contributed by atoms with E-state index in [0.29, 0.717) is 22.8 Å². The van der Waals surface area contributed by atoms with Gasteiger partial charge in [-0.2, -0.15) is 11.8 Å². The second kappa shape index (κ2) is 11.9. The Morgan fingerprint density at radius 2 is 1.91 bits per heavy atom. The van der Waals surface area contributed by atoms with Gasteiger partial charge in [0.05, 0.1) is 6.04 Å². The SMILES string of the molecule is CSCC[C@@H](NC(=O)c1ccc(Cl)cc1)C(=O)OCC(=O)N[C@@H]1CCCc2ccccc21. The second-order valence-corrected chi connectivity index (χ2v) is 9.06. The number of amides is 2. The first-order valence-corrected chi connectivity index (χ1v) is 12.3. The number of carbonyl (C=O) groups is 3. The zero-order valence-electron chi connectivity index (χ0n) is 17.9. The first-order chi connectivity index (χ1) is 15.5. The number of benzene rings is 2. The lowest BCUT2D eigenvalue weighted by atomic mass is 9.88. The summed E-state index contributed by atoms with van der Waals surface area (Å²) in [5.41, 5.74) is 2.75. The van der Waals surface area contributed by atoms with E-state index in [0.717, 1.165) is 24.8 Å². The van der Waals surface area contributed by atoms with Crippen molar-refractivity contribution in [3.8, 4) is 0 Å². The Balaban J connectivity index is 1.54. The van der Waals surface area contributed by atoms with Crippen molar-refractivity contribution in [3.05, 3.63) is 70.2 Å². The monoisotopic (exact) mass is 474 g/mol. The molecule has 2 N–H and O–H groups in total. The Morgan fingerprint density at radius 1 is 1.16 bits per heavy atom. The quantitative estimate of drug-likeness (QED) is 0.538. The van der Waals surface area contributed by atoms with Crippen LogP contribution in [0, 0.1) is 0 Å². The van der Waals surface area contributed by atoms with Gasteiger partial charge in [0, 0.05) is 10.6 Å². The Labute approximate surface area is 197 Å². The number of thioether (sulfide) groups is 1. The van der Waals surface area contributed by atoms with Crippen LogP contribution in [-0.4, -0.2) is 42.4 Å². The van der Waals surface area contributed by atoms with Crippen LogP contribution >= 0.6 is 23.4 Å². The fraction of sp³-hybridized carbons (Fsp3) is 0.375. The topological polar surface area (TPSA) is 84.5 Å². The standard InChI is InChI=1S/C24H27ClN2O4S/c1-32-14-13-21(27-23(29)17-9-11-18(25)12-10-17)24(30)31-15-22(28)26-20-8-4-6-16-5-2-3-7-19(16)20/h2-3,5,7,9-12,20-21H,4,6,8,13-15H2,1H3,(H,26,28)(H,27,29)/t20-,21-/m1/s1. The summed E-state index contributed by atoms with van der Waals surface area (Å²) in [6.45, 7) is -0.385. The molecular weight excluding hydrogens is 448 g/mol. The van der Waals surface area contributed by atoms with Crippen LogP contribution < -0.4 is 10.6 Å². The molecule has 2 atom stereocenters. The van der Waals surface area contributed by atoms with Crippen molar-refractivity contribution in [2.24, 2.45) is 0 Å². The Morgan fingerprint density at radius 3 is 2.66 bits per heavy atom. The molecule has 0 bridgehead atoms. The van der Waals surface area contributed by atoms with Gasteiger partial charge in [0.25, 0.3) is 11.8 Å². The molecule has 1 aliphatic rings. The van der Waals surface area contributed by atoms with Crippen molar-refractivity contribution in [3.63, 3.8) is 0 Å². The summed E-state index contributed by atoms with van der Waals surface area (Å²) in [6, 6.07) is 13.5. The van der Waals surface area contributed by atoms with Crippen molar-refractivity contribution < 1.29 is 19.1 Å². The summed E-state index contributed by atoms with van der Waals surface area (Å²) in [4.78, 5) is 37.6. The Hall–Kier alpha value is -2.51. The van der Waals surface area contributed by atoms with Crippen molar-refractivity contribution in [2.45, 2.75) is 37.8 Å². The number of fused-ring (bicyclic) bond motifs is 1. The molecule has 0 saturated heterocycles. The molecule has 2 amide bonds. The highest BCUT2D eigenvalue weighted by molar-refractivity contribution is 7.98. The zero-order chi connectivity index (χ0) is 22.9. The molecule has 2 aromatic carbocycles. The van der Waals surface area contributed by atoms with Gasteiger partial charge in [-0.1, -0.05) is 35.9 Å². The van der Waals surface area contributed by atoms with Crippen LogP contribution in [0.25, 0.3) is 0 Å². The number of ether oxygens (including phenoxy) is 1. The molecule has 0 fully saturated rings. The van der Waals surface area contributed by atoms with Gasteiger partial charge in [-0.3, -0.25) is 9.59 Å². The molecule has 0 heterocycles. The molecule has 32 heavy (non-hydrogen) atoms. The van der Waals surface area contributed by atoms with Gasteiger partial charge in [0.15, 0.2) is 6.61 Å². The number of aryl methyl sites for hydroxylation is 1. The predicted molar refractivity (Wildman–Crippen MR) is 127 cm³/mol. The summed E-state index contributed by atoms with van der Waals surface area (Å²) < 4.78 is 5.25. The summed E-state index contributed by atoms with van der Waals surface area (Å²) in [7, 11) is 0. The average Bonchev–Trinajstić information content (AvgIpc) is 2.80. The predicted octanol–water partition coefficient (Wildman–Crippen LogP) is 3.93. The van der Waals surface area contributed by atoms with E-state index in [1.165, 1.54) is 5.56 Å². The molecule has 8 heteroatoms. The first-order valence-electron chi connectivity index (χ1n) is 10.6. The fourth-order valence-corrected chi connectivity index (χ4v) is 4.30. The minimum Gasteiger partial charge on any atom is -0.454 e. The molecule has 0 unspecified atom stereocenters. The summed E-state index contributed by atoms with van der Waals surface area (Å²) in [5.74, 6) is -0.715. The maximum Gasteiger partial charge on any atom is 0.329 e. The number of hydrogen-bond donors (Lipinski definition) is 2. The van der Waals surface area contributed by atoms with Crippen molar-refractivity contribution in [2.75, 3.05) is 18.6 Å². The van der Waals surface area contributed by atoms with Crippen molar-refractivity contribution in [1.29, 1.82) is 0 Å². The molecule has 3 rings (SSSR count). The Bertz CT molecular complexity index is 951. The molecule has 1 aliphatic carbocycles. The van der Waals surface area contributed by atoms with Crippen LogP contribution in [0.15, 0.2) is 48.5 Å². The van der Waals surface area contributed by atoms with Crippen LogP contribution in [0.2, 0.25) is 5.02 Å². The van der Waals surface area contributed by atoms with Gasteiger partial charge in [-0.25, -0.2) is 4.79 Å². The third kappa shape index (κ3) is 6.74. The van der Waals surface area contributed by atoms with E-state index in [9.17, 15) is 14.4 Å². The van der Waals surface area contributed by atoms with Gasteiger partial charge in [0.2, 0.25) is 0 Å². The molecule has 0 aromatic heterocycles. The van der Waals surface area contributed by atoms with E-state index >= 15 is 0 Å². The lowest BCUT2D eigenvalue weighted by Gasteiger charge is -2.26.